The average Bonchev–Trinajstić information content (AvgIpc) is 3.44. The van der Waals surface area contributed by atoms with Crippen LogP contribution in [-0.4, -0.2) is 59.6 Å². The number of methoxy groups -OCH3 is 1. The summed E-state index contributed by atoms with van der Waals surface area (Å²) in [6.07, 6.45) is 3.86. The Morgan fingerprint density at radius 3 is 2.63 bits per heavy atom. The summed E-state index contributed by atoms with van der Waals surface area (Å²) in [7, 11) is 1.64. The minimum atomic E-state index is -0.448. The highest BCUT2D eigenvalue weighted by Crippen LogP contribution is 2.46. The Morgan fingerprint density at radius 2 is 1.89 bits per heavy atom. The molecule has 0 radical (unpaired) electrons. The molecule has 0 aliphatic carbocycles. The summed E-state index contributed by atoms with van der Waals surface area (Å²) in [5.74, 6) is 1.20. The number of aryl methyl sites for hydroxylation is 1. The molecular formula is C29H36ClN3O5. The highest BCUT2D eigenvalue weighted by atomic mass is 35.5. The molecule has 1 aliphatic heterocycles. The van der Waals surface area contributed by atoms with E-state index in [1.54, 1.807) is 19.2 Å². The van der Waals surface area contributed by atoms with Crippen molar-refractivity contribution in [2.75, 3.05) is 33.5 Å². The van der Waals surface area contributed by atoms with Crippen LogP contribution in [0.3, 0.4) is 0 Å². The van der Waals surface area contributed by atoms with E-state index in [4.69, 9.17) is 25.8 Å². The second kappa shape index (κ2) is 12.5. The SMILES string of the molecule is CCCCCOc1ccc(C2c3c(-c4cc(Cl)c(C)cc4O)n[nH]c3C(=O)N2CCCOC)cc1OCC. The van der Waals surface area contributed by atoms with Gasteiger partial charge in [-0.1, -0.05) is 37.4 Å². The zero-order chi connectivity index (χ0) is 27.2. The minimum Gasteiger partial charge on any atom is -0.507 e. The number of fused-ring (bicyclic) bond motifs is 1. The summed E-state index contributed by atoms with van der Waals surface area (Å²) in [4.78, 5) is 15.4. The molecule has 0 bridgehead atoms. The number of carbonyl (C=O) groups excluding carboxylic acids is 1. The molecule has 1 atom stereocenters. The maximum absolute atomic E-state index is 13.6. The third kappa shape index (κ3) is 5.61. The Bertz CT molecular complexity index is 1280. The molecule has 204 valence electrons. The number of carbonyl (C=O) groups is 1. The number of aromatic hydroxyl groups is 1. The molecule has 2 aromatic carbocycles. The van der Waals surface area contributed by atoms with Gasteiger partial charge in [-0.25, -0.2) is 0 Å². The Labute approximate surface area is 228 Å². The van der Waals surface area contributed by atoms with Crippen molar-refractivity contribution in [3.05, 3.63) is 57.7 Å². The molecular weight excluding hydrogens is 506 g/mol. The molecule has 38 heavy (non-hydrogen) atoms. The lowest BCUT2D eigenvalue weighted by atomic mass is 9.95. The number of H-pyrrole nitrogens is 1. The first-order chi connectivity index (χ1) is 18.4. The van der Waals surface area contributed by atoms with Gasteiger partial charge in [-0.3, -0.25) is 9.89 Å². The van der Waals surface area contributed by atoms with Crippen molar-refractivity contribution in [2.24, 2.45) is 0 Å². The summed E-state index contributed by atoms with van der Waals surface area (Å²) in [5, 5.41) is 18.7. The minimum absolute atomic E-state index is 0.0519. The van der Waals surface area contributed by atoms with Crippen LogP contribution in [0, 0.1) is 6.92 Å². The first kappa shape index (κ1) is 27.8. The van der Waals surface area contributed by atoms with E-state index in [1.165, 1.54) is 0 Å². The molecule has 3 aromatic rings. The number of amides is 1. The Hall–Kier alpha value is -3.23. The fourth-order valence-corrected chi connectivity index (χ4v) is 4.99. The van der Waals surface area contributed by atoms with Gasteiger partial charge >= 0.3 is 0 Å². The highest BCUT2D eigenvalue weighted by molar-refractivity contribution is 6.31. The second-order valence-corrected chi connectivity index (χ2v) is 9.83. The van der Waals surface area contributed by atoms with Crippen molar-refractivity contribution in [1.82, 2.24) is 15.1 Å². The number of rotatable bonds is 13. The van der Waals surface area contributed by atoms with E-state index in [1.807, 2.05) is 36.9 Å². The molecule has 4 rings (SSSR count). The van der Waals surface area contributed by atoms with Crippen molar-refractivity contribution in [3.8, 4) is 28.5 Å². The zero-order valence-corrected chi connectivity index (χ0v) is 23.2. The van der Waals surface area contributed by atoms with E-state index in [9.17, 15) is 9.90 Å². The molecule has 1 amide bonds. The lowest BCUT2D eigenvalue weighted by molar-refractivity contribution is 0.0723. The van der Waals surface area contributed by atoms with Crippen molar-refractivity contribution in [1.29, 1.82) is 0 Å². The zero-order valence-electron chi connectivity index (χ0n) is 22.5. The number of halogens is 1. The fourth-order valence-electron chi connectivity index (χ4n) is 4.83. The van der Waals surface area contributed by atoms with E-state index >= 15 is 0 Å². The van der Waals surface area contributed by atoms with Gasteiger partial charge in [0.1, 0.15) is 17.1 Å². The predicted molar refractivity (Wildman–Crippen MR) is 147 cm³/mol. The maximum atomic E-state index is 13.6. The van der Waals surface area contributed by atoms with Gasteiger partial charge in [0, 0.05) is 36.4 Å². The van der Waals surface area contributed by atoms with E-state index in [-0.39, 0.29) is 11.7 Å². The lowest BCUT2D eigenvalue weighted by Gasteiger charge is -2.27. The fraction of sp³-hybridized carbons (Fsp3) is 0.448. The Kier molecular flexibility index (Phi) is 9.17. The normalized spacial score (nSPS) is 14.7. The number of aromatic amines is 1. The molecule has 0 spiro atoms. The molecule has 0 fully saturated rings. The van der Waals surface area contributed by atoms with E-state index < -0.39 is 6.04 Å². The van der Waals surface area contributed by atoms with Gasteiger partial charge < -0.3 is 24.2 Å². The summed E-state index contributed by atoms with van der Waals surface area (Å²) >= 11 is 6.41. The smallest absolute Gasteiger partial charge is 0.273 e. The van der Waals surface area contributed by atoms with E-state index in [0.717, 1.165) is 30.4 Å². The van der Waals surface area contributed by atoms with Crippen LogP contribution in [0.15, 0.2) is 30.3 Å². The summed E-state index contributed by atoms with van der Waals surface area (Å²) in [6.45, 7) is 8.02. The molecule has 0 saturated heterocycles. The van der Waals surface area contributed by atoms with Crippen molar-refractivity contribution in [3.63, 3.8) is 0 Å². The summed E-state index contributed by atoms with van der Waals surface area (Å²) < 4.78 is 17.2. The van der Waals surface area contributed by atoms with Gasteiger partial charge in [-0.05, 0) is 62.1 Å². The number of nitrogens with one attached hydrogen (secondary N) is 1. The lowest BCUT2D eigenvalue weighted by Crippen LogP contribution is -2.31. The number of unbranched alkanes of at least 4 members (excludes halogenated alkanes) is 2. The van der Waals surface area contributed by atoms with Gasteiger partial charge in [0.15, 0.2) is 11.5 Å². The van der Waals surface area contributed by atoms with Gasteiger partial charge in [0.05, 0.1) is 19.3 Å². The molecule has 1 unspecified atom stereocenters. The highest BCUT2D eigenvalue weighted by Gasteiger charge is 2.42. The van der Waals surface area contributed by atoms with Crippen LogP contribution in [0.25, 0.3) is 11.3 Å². The van der Waals surface area contributed by atoms with Gasteiger partial charge in [-0.15, -0.1) is 0 Å². The number of benzene rings is 2. The molecule has 1 aromatic heterocycles. The van der Waals surface area contributed by atoms with Crippen molar-refractivity contribution in [2.45, 2.75) is 52.5 Å². The number of phenolic OH excluding ortho intramolecular Hbond substituents is 1. The van der Waals surface area contributed by atoms with Gasteiger partial charge in [0.25, 0.3) is 5.91 Å². The third-order valence-corrected chi connectivity index (χ3v) is 7.14. The van der Waals surface area contributed by atoms with Crippen LogP contribution in [0.4, 0.5) is 0 Å². The molecule has 8 nitrogen and oxygen atoms in total. The monoisotopic (exact) mass is 541 g/mol. The number of aromatic nitrogens is 2. The largest absolute Gasteiger partial charge is 0.507 e. The van der Waals surface area contributed by atoms with Crippen LogP contribution < -0.4 is 9.47 Å². The van der Waals surface area contributed by atoms with Crippen LogP contribution in [-0.2, 0) is 4.74 Å². The molecule has 0 saturated carbocycles. The van der Waals surface area contributed by atoms with Crippen LogP contribution in [0.5, 0.6) is 17.2 Å². The molecule has 2 N–H and O–H groups in total. The number of nitrogens with zero attached hydrogens (tertiary/aromatic N) is 2. The predicted octanol–water partition coefficient (Wildman–Crippen LogP) is 6.29. The first-order valence-corrected chi connectivity index (χ1v) is 13.6. The molecule has 1 aliphatic rings. The quantitative estimate of drug-likeness (QED) is 0.247. The summed E-state index contributed by atoms with van der Waals surface area (Å²) in [5.41, 5.74) is 3.67. The van der Waals surface area contributed by atoms with E-state index in [0.29, 0.717) is 71.8 Å². The van der Waals surface area contributed by atoms with Gasteiger partial charge in [-0.2, -0.15) is 5.10 Å². The van der Waals surface area contributed by atoms with Crippen LogP contribution in [0.2, 0.25) is 5.02 Å². The number of ether oxygens (including phenoxy) is 3. The van der Waals surface area contributed by atoms with Crippen molar-refractivity contribution < 1.29 is 24.1 Å². The Balaban J connectivity index is 1.79. The average molecular weight is 542 g/mol. The Morgan fingerprint density at radius 1 is 1.08 bits per heavy atom. The van der Waals surface area contributed by atoms with Crippen LogP contribution in [0.1, 0.15) is 72.8 Å². The summed E-state index contributed by atoms with van der Waals surface area (Å²) in [6, 6.07) is 8.66. The second-order valence-electron chi connectivity index (χ2n) is 9.42. The number of hydrogen-bond acceptors (Lipinski definition) is 6. The topological polar surface area (TPSA) is 96.9 Å². The number of phenols is 1. The third-order valence-electron chi connectivity index (χ3n) is 6.73. The van der Waals surface area contributed by atoms with Gasteiger partial charge in [0.2, 0.25) is 0 Å². The van der Waals surface area contributed by atoms with E-state index in [2.05, 4.69) is 17.1 Å². The van der Waals surface area contributed by atoms with Crippen LogP contribution >= 0.6 is 11.6 Å². The first-order valence-electron chi connectivity index (χ1n) is 13.2. The number of hydrogen-bond donors (Lipinski definition) is 2. The maximum Gasteiger partial charge on any atom is 0.273 e. The molecule has 9 heteroatoms. The van der Waals surface area contributed by atoms with Crippen molar-refractivity contribution >= 4 is 17.5 Å². The standard InChI is InChI=1S/C29H36ClN3O5/c1-5-7-8-14-38-23-11-10-19(16-24(23)37-6-2)28-25-26(20-17-21(30)18(3)15-22(20)34)31-32-27(25)29(35)33(28)12-9-13-36-4/h10-11,15-17,28,34H,5-9,12-14H2,1-4H3,(H,31,32). The molecule has 2 heterocycles.